The number of nitrogens with two attached hydrogens (primary N) is 1. The van der Waals surface area contributed by atoms with E-state index >= 15 is 0 Å². The van der Waals surface area contributed by atoms with Crippen LogP contribution in [0, 0.1) is 11.8 Å². The molecule has 11 heavy (non-hydrogen) atoms. The summed E-state index contributed by atoms with van der Waals surface area (Å²) in [6, 6.07) is 0. The van der Waals surface area contributed by atoms with Gasteiger partial charge >= 0.3 is 0 Å². The van der Waals surface area contributed by atoms with Crippen LogP contribution in [-0.2, 0) is 13.1 Å². The first kappa shape index (κ1) is 7.83. The monoisotopic (exact) mass is 149 g/mol. The summed E-state index contributed by atoms with van der Waals surface area (Å²) >= 11 is 0. The molecule has 1 aromatic rings. The van der Waals surface area contributed by atoms with E-state index in [2.05, 4.69) is 16.9 Å². The molecule has 2 N–H and O–H groups in total. The van der Waals surface area contributed by atoms with E-state index < -0.39 is 0 Å². The molecule has 0 radical (unpaired) electrons. The maximum absolute atomic E-state index is 5.40. The van der Waals surface area contributed by atoms with E-state index in [-0.39, 0.29) is 0 Å². The lowest BCUT2D eigenvalue weighted by molar-refractivity contribution is 0.714. The Morgan fingerprint density at radius 2 is 2.55 bits per heavy atom. The summed E-state index contributed by atoms with van der Waals surface area (Å²) < 4.78 is 1.78. The molecule has 1 heterocycles. The first-order chi connectivity index (χ1) is 5.36. The summed E-state index contributed by atoms with van der Waals surface area (Å²) in [5.74, 6) is 5.71. The van der Waals surface area contributed by atoms with Crippen LogP contribution in [0.15, 0.2) is 12.4 Å². The van der Waals surface area contributed by atoms with Gasteiger partial charge in [-0.05, 0) is 6.92 Å². The molecule has 3 heteroatoms. The molecule has 0 saturated heterocycles. The van der Waals surface area contributed by atoms with Crippen LogP contribution in [0.4, 0.5) is 0 Å². The highest BCUT2D eigenvalue weighted by Gasteiger charge is 1.92. The molecule has 0 aromatic carbocycles. The van der Waals surface area contributed by atoms with Crippen LogP contribution < -0.4 is 5.73 Å². The van der Waals surface area contributed by atoms with Gasteiger partial charge in [0.2, 0.25) is 0 Å². The number of rotatable bonds is 2. The predicted molar refractivity (Wildman–Crippen MR) is 43.6 cm³/mol. The number of hydrogen-bond donors (Lipinski definition) is 1. The van der Waals surface area contributed by atoms with Crippen molar-refractivity contribution in [3.63, 3.8) is 0 Å². The zero-order valence-electron chi connectivity index (χ0n) is 6.54. The lowest BCUT2D eigenvalue weighted by Gasteiger charge is -1.89. The Morgan fingerprint density at radius 1 is 1.73 bits per heavy atom. The van der Waals surface area contributed by atoms with Crippen molar-refractivity contribution in [2.24, 2.45) is 5.73 Å². The molecular weight excluding hydrogens is 138 g/mol. The average molecular weight is 149 g/mol. The van der Waals surface area contributed by atoms with Crippen molar-refractivity contribution in [1.29, 1.82) is 0 Å². The summed E-state index contributed by atoms with van der Waals surface area (Å²) in [6.45, 7) is 3.00. The van der Waals surface area contributed by atoms with Gasteiger partial charge in [0.15, 0.2) is 0 Å². The fourth-order valence-corrected chi connectivity index (χ4v) is 0.758. The standard InChI is InChI=1S/C8H11N3/c1-2-3-4-11-7-8(5-9)6-10-11/h6-7H,4-5,9H2,1H3. The Morgan fingerprint density at radius 3 is 3.09 bits per heavy atom. The van der Waals surface area contributed by atoms with Gasteiger partial charge in [0.05, 0.1) is 6.20 Å². The topological polar surface area (TPSA) is 43.8 Å². The molecule has 0 saturated carbocycles. The summed E-state index contributed by atoms with van der Waals surface area (Å²) in [4.78, 5) is 0. The molecule has 0 atom stereocenters. The van der Waals surface area contributed by atoms with Crippen molar-refractivity contribution >= 4 is 0 Å². The van der Waals surface area contributed by atoms with Crippen molar-refractivity contribution in [1.82, 2.24) is 9.78 Å². The normalized spacial score (nSPS) is 8.91. The molecule has 58 valence electrons. The van der Waals surface area contributed by atoms with Crippen molar-refractivity contribution in [2.45, 2.75) is 20.0 Å². The summed E-state index contributed by atoms with van der Waals surface area (Å²) in [5, 5.41) is 4.06. The fourth-order valence-electron chi connectivity index (χ4n) is 0.758. The van der Waals surface area contributed by atoms with Crippen LogP contribution in [0.3, 0.4) is 0 Å². The van der Waals surface area contributed by atoms with Crippen LogP contribution >= 0.6 is 0 Å². The van der Waals surface area contributed by atoms with E-state index in [0.717, 1.165) is 5.56 Å². The molecule has 0 aliphatic heterocycles. The SMILES string of the molecule is CC#CCn1cc(CN)cn1. The minimum absolute atomic E-state index is 0.541. The Bertz CT molecular complexity index is 277. The highest BCUT2D eigenvalue weighted by atomic mass is 15.3. The molecule has 0 amide bonds. The lowest BCUT2D eigenvalue weighted by Crippen LogP contribution is -1.96. The highest BCUT2D eigenvalue weighted by molar-refractivity contribution is 5.04. The summed E-state index contributed by atoms with van der Waals surface area (Å²) in [6.07, 6.45) is 3.67. The minimum atomic E-state index is 0.541. The molecular formula is C8H11N3. The zero-order chi connectivity index (χ0) is 8.10. The van der Waals surface area contributed by atoms with Gasteiger partial charge in [0.1, 0.15) is 6.54 Å². The first-order valence-electron chi connectivity index (χ1n) is 3.48. The van der Waals surface area contributed by atoms with Gasteiger partial charge in [-0.2, -0.15) is 5.10 Å². The second-order valence-electron chi connectivity index (χ2n) is 2.18. The first-order valence-corrected chi connectivity index (χ1v) is 3.48. The van der Waals surface area contributed by atoms with Gasteiger partial charge in [0.25, 0.3) is 0 Å². The van der Waals surface area contributed by atoms with Crippen LogP contribution in [-0.4, -0.2) is 9.78 Å². The molecule has 1 rings (SSSR count). The molecule has 3 nitrogen and oxygen atoms in total. The van der Waals surface area contributed by atoms with Crippen LogP contribution in [0.5, 0.6) is 0 Å². The van der Waals surface area contributed by atoms with Crippen LogP contribution in [0.25, 0.3) is 0 Å². The molecule has 0 bridgehead atoms. The Hall–Kier alpha value is -1.27. The molecule has 0 aliphatic rings. The quantitative estimate of drug-likeness (QED) is 0.617. The highest BCUT2D eigenvalue weighted by Crippen LogP contribution is 1.94. The van der Waals surface area contributed by atoms with Crippen molar-refractivity contribution in [3.05, 3.63) is 18.0 Å². The van der Waals surface area contributed by atoms with Gasteiger partial charge < -0.3 is 5.73 Å². The van der Waals surface area contributed by atoms with Gasteiger partial charge in [0, 0.05) is 18.3 Å². The molecule has 1 aromatic heterocycles. The fraction of sp³-hybridized carbons (Fsp3) is 0.375. The van der Waals surface area contributed by atoms with E-state index in [1.807, 2.05) is 13.1 Å². The summed E-state index contributed by atoms with van der Waals surface area (Å²) in [7, 11) is 0. The third kappa shape index (κ3) is 2.10. The summed E-state index contributed by atoms with van der Waals surface area (Å²) in [5.41, 5.74) is 6.45. The van der Waals surface area contributed by atoms with E-state index in [0.29, 0.717) is 13.1 Å². The third-order valence-corrected chi connectivity index (χ3v) is 1.34. The maximum Gasteiger partial charge on any atom is 0.102 e. The lowest BCUT2D eigenvalue weighted by atomic mass is 10.4. The minimum Gasteiger partial charge on any atom is -0.326 e. The molecule has 0 aliphatic carbocycles. The van der Waals surface area contributed by atoms with E-state index in [1.54, 1.807) is 10.9 Å². The van der Waals surface area contributed by atoms with Crippen molar-refractivity contribution < 1.29 is 0 Å². The number of hydrogen-bond acceptors (Lipinski definition) is 2. The molecule has 0 spiro atoms. The average Bonchev–Trinajstić information content (AvgIpc) is 2.48. The van der Waals surface area contributed by atoms with Crippen LogP contribution in [0.2, 0.25) is 0 Å². The smallest absolute Gasteiger partial charge is 0.102 e. The molecule has 0 fully saturated rings. The largest absolute Gasteiger partial charge is 0.326 e. The number of aromatic nitrogens is 2. The van der Waals surface area contributed by atoms with Crippen molar-refractivity contribution in [3.8, 4) is 11.8 Å². The van der Waals surface area contributed by atoms with Gasteiger partial charge in [-0.25, -0.2) is 0 Å². The van der Waals surface area contributed by atoms with Gasteiger partial charge in [-0.1, -0.05) is 5.92 Å². The second-order valence-corrected chi connectivity index (χ2v) is 2.18. The number of nitrogens with zero attached hydrogens (tertiary/aromatic N) is 2. The van der Waals surface area contributed by atoms with Gasteiger partial charge in [-0.3, -0.25) is 4.68 Å². The third-order valence-electron chi connectivity index (χ3n) is 1.34. The predicted octanol–water partition coefficient (Wildman–Crippen LogP) is 0.365. The van der Waals surface area contributed by atoms with E-state index in [9.17, 15) is 0 Å². The van der Waals surface area contributed by atoms with E-state index in [1.165, 1.54) is 0 Å². The Labute approximate surface area is 66.2 Å². The maximum atomic E-state index is 5.40. The Balaban J connectivity index is 2.62. The molecule has 0 unspecified atom stereocenters. The van der Waals surface area contributed by atoms with E-state index in [4.69, 9.17) is 5.73 Å². The van der Waals surface area contributed by atoms with Gasteiger partial charge in [-0.15, -0.1) is 5.92 Å². The van der Waals surface area contributed by atoms with Crippen LogP contribution in [0.1, 0.15) is 12.5 Å². The second kappa shape index (κ2) is 3.79. The Kier molecular flexibility index (Phi) is 2.70. The zero-order valence-corrected chi connectivity index (χ0v) is 6.54. The van der Waals surface area contributed by atoms with Crippen molar-refractivity contribution in [2.75, 3.05) is 0 Å².